The summed E-state index contributed by atoms with van der Waals surface area (Å²) in [7, 11) is 0. The van der Waals surface area contributed by atoms with E-state index in [9.17, 15) is 0 Å². The first-order valence-corrected chi connectivity index (χ1v) is 4.61. The van der Waals surface area contributed by atoms with Crippen LogP contribution in [0.3, 0.4) is 0 Å². The lowest BCUT2D eigenvalue weighted by Crippen LogP contribution is -1.88. The average Bonchev–Trinajstić information content (AvgIpc) is 2.19. The highest BCUT2D eigenvalue weighted by atomic mass is 35.5. The quantitative estimate of drug-likeness (QED) is 0.750. The van der Waals surface area contributed by atoms with Crippen molar-refractivity contribution in [1.82, 2.24) is 15.2 Å². The minimum atomic E-state index is 0.295. The van der Waals surface area contributed by atoms with Gasteiger partial charge < -0.3 is 0 Å². The van der Waals surface area contributed by atoms with Crippen molar-refractivity contribution in [3.05, 3.63) is 40.9 Å². The molecule has 0 radical (unpaired) electrons. The second kappa shape index (κ2) is 3.90. The molecule has 0 atom stereocenters. The van der Waals surface area contributed by atoms with E-state index >= 15 is 0 Å². The van der Waals surface area contributed by atoms with Crippen LogP contribution >= 0.6 is 23.2 Å². The molecule has 0 spiro atoms. The molecular weight excluding hydrogens is 221 g/mol. The molecule has 0 aliphatic rings. The van der Waals surface area contributed by atoms with Crippen LogP contribution in [0, 0.1) is 0 Å². The molecule has 0 saturated heterocycles. The summed E-state index contributed by atoms with van der Waals surface area (Å²) in [6.45, 7) is 0. The topological polar surface area (TPSA) is 38.7 Å². The first-order chi connectivity index (χ1) is 6.79. The summed E-state index contributed by atoms with van der Waals surface area (Å²) in [5.74, 6) is 0. The van der Waals surface area contributed by atoms with E-state index in [1.165, 1.54) is 6.20 Å². The zero-order valence-electron chi connectivity index (χ0n) is 6.98. The fraction of sp³-hybridized carbons (Fsp3) is 0. The van der Waals surface area contributed by atoms with E-state index in [-0.39, 0.29) is 0 Å². The predicted octanol–water partition coefficient (Wildman–Crippen LogP) is 2.85. The molecule has 0 aliphatic carbocycles. The molecule has 2 aromatic rings. The molecule has 5 heteroatoms. The zero-order valence-corrected chi connectivity index (χ0v) is 8.50. The van der Waals surface area contributed by atoms with Crippen molar-refractivity contribution < 1.29 is 0 Å². The lowest BCUT2D eigenvalue weighted by atomic mass is 10.1. The lowest BCUT2D eigenvalue weighted by Gasteiger charge is -2.03. The Morgan fingerprint density at radius 3 is 2.43 bits per heavy atom. The van der Waals surface area contributed by atoms with E-state index in [0.717, 1.165) is 5.56 Å². The van der Waals surface area contributed by atoms with Crippen LogP contribution < -0.4 is 0 Å². The highest BCUT2D eigenvalue weighted by Crippen LogP contribution is 2.31. The van der Waals surface area contributed by atoms with Gasteiger partial charge in [0.25, 0.3) is 0 Å². The van der Waals surface area contributed by atoms with Crippen LogP contribution in [0.4, 0.5) is 0 Å². The summed E-state index contributed by atoms with van der Waals surface area (Å²) in [5, 5.41) is 8.15. The maximum Gasteiger partial charge on any atom is 0.161 e. The predicted molar refractivity (Wildman–Crippen MR) is 55.3 cm³/mol. The van der Waals surface area contributed by atoms with Crippen molar-refractivity contribution in [2.24, 2.45) is 0 Å². The minimum absolute atomic E-state index is 0.295. The van der Waals surface area contributed by atoms with Gasteiger partial charge in [0.15, 0.2) is 5.15 Å². The van der Waals surface area contributed by atoms with Gasteiger partial charge in [0.2, 0.25) is 0 Å². The molecule has 0 N–H and O–H groups in total. The fourth-order valence-electron chi connectivity index (χ4n) is 1.12. The summed E-state index contributed by atoms with van der Waals surface area (Å²) >= 11 is 11.8. The van der Waals surface area contributed by atoms with Gasteiger partial charge in [0.05, 0.1) is 11.2 Å². The number of halogens is 2. The van der Waals surface area contributed by atoms with Gasteiger partial charge in [-0.1, -0.05) is 23.2 Å². The first-order valence-electron chi connectivity index (χ1n) is 3.86. The van der Waals surface area contributed by atoms with Crippen LogP contribution in [0.5, 0.6) is 0 Å². The Labute approximate surface area is 90.7 Å². The van der Waals surface area contributed by atoms with Gasteiger partial charge in [0.1, 0.15) is 0 Å². The summed E-state index contributed by atoms with van der Waals surface area (Å²) < 4.78 is 0. The normalized spacial score (nSPS) is 10.1. The number of nitrogens with zero attached hydrogens (tertiary/aromatic N) is 3. The summed E-state index contributed by atoms with van der Waals surface area (Å²) in [5.41, 5.74) is 1.57. The van der Waals surface area contributed by atoms with Crippen molar-refractivity contribution in [2.75, 3.05) is 0 Å². The zero-order chi connectivity index (χ0) is 9.97. The molecule has 2 aromatic heterocycles. The van der Waals surface area contributed by atoms with Crippen molar-refractivity contribution >= 4 is 23.2 Å². The van der Waals surface area contributed by atoms with Gasteiger partial charge in [-0.05, 0) is 17.7 Å². The molecule has 0 aliphatic heterocycles. The second-order valence-electron chi connectivity index (χ2n) is 2.59. The number of hydrogen-bond acceptors (Lipinski definition) is 3. The van der Waals surface area contributed by atoms with Crippen LogP contribution in [0.25, 0.3) is 11.1 Å². The monoisotopic (exact) mass is 225 g/mol. The van der Waals surface area contributed by atoms with Gasteiger partial charge >= 0.3 is 0 Å². The fourth-order valence-corrected chi connectivity index (χ4v) is 1.66. The molecule has 2 heterocycles. The van der Waals surface area contributed by atoms with E-state index in [1.807, 2.05) is 12.1 Å². The van der Waals surface area contributed by atoms with E-state index < -0.39 is 0 Å². The first kappa shape index (κ1) is 9.37. The smallest absolute Gasteiger partial charge is 0.161 e. The molecule has 0 aromatic carbocycles. The number of pyridine rings is 1. The molecule has 0 amide bonds. The molecule has 70 valence electrons. The average molecular weight is 226 g/mol. The number of rotatable bonds is 1. The Kier molecular flexibility index (Phi) is 2.61. The second-order valence-corrected chi connectivity index (χ2v) is 3.36. The summed E-state index contributed by atoms with van der Waals surface area (Å²) in [4.78, 5) is 3.91. The molecule has 0 bridgehead atoms. The molecule has 14 heavy (non-hydrogen) atoms. The van der Waals surface area contributed by atoms with Crippen LogP contribution in [-0.2, 0) is 0 Å². The number of aromatic nitrogens is 3. The summed E-state index contributed by atoms with van der Waals surface area (Å²) in [6, 6.07) is 3.63. The van der Waals surface area contributed by atoms with Gasteiger partial charge in [-0.2, -0.15) is 5.10 Å². The SMILES string of the molecule is Clc1cnnc(Cl)c1-c1ccncc1. The van der Waals surface area contributed by atoms with Crippen molar-refractivity contribution in [2.45, 2.75) is 0 Å². The Morgan fingerprint density at radius 1 is 1.07 bits per heavy atom. The highest BCUT2D eigenvalue weighted by molar-refractivity contribution is 6.38. The van der Waals surface area contributed by atoms with Crippen molar-refractivity contribution in [3.8, 4) is 11.1 Å². The maximum atomic E-state index is 5.96. The van der Waals surface area contributed by atoms with Crippen molar-refractivity contribution in [3.63, 3.8) is 0 Å². The van der Waals surface area contributed by atoms with E-state index in [4.69, 9.17) is 23.2 Å². The lowest BCUT2D eigenvalue weighted by molar-refractivity contribution is 1.03. The Hall–Kier alpha value is -1.19. The molecule has 2 rings (SSSR count). The molecule has 3 nitrogen and oxygen atoms in total. The minimum Gasteiger partial charge on any atom is -0.265 e. The van der Waals surface area contributed by atoms with Crippen LogP contribution in [0.15, 0.2) is 30.7 Å². The van der Waals surface area contributed by atoms with Gasteiger partial charge in [-0.15, -0.1) is 5.10 Å². The molecule has 0 unspecified atom stereocenters. The highest BCUT2D eigenvalue weighted by Gasteiger charge is 2.09. The molecule has 0 fully saturated rings. The van der Waals surface area contributed by atoms with Gasteiger partial charge in [0, 0.05) is 18.0 Å². The molecular formula is C9H5Cl2N3. The van der Waals surface area contributed by atoms with E-state index in [2.05, 4.69) is 15.2 Å². The Balaban J connectivity index is 2.63. The standard InChI is InChI=1S/C9H5Cl2N3/c10-7-5-13-14-9(11)8(7)6-1-3-12-4-2-6/h1-5H. The van der Waals surface area contributed by atoms with E-state index in [1.54, 1.807) is 12.4 Å². The largest absolute Gasteiger partial charge is 0.265 e. The molecule has 0 saturated carbocycles. The van der Waals surface area contributed by atoms with Crippen molar-refractivity contribution in [1.29, 1.82) is 0 Å². The van der Waals surface area contributed by atoms with Crippen LogP contribution in [-0.4, -0.2) is 15.2 Å². The Morgan fingerprint density at radius 2 is 1.79 bits per heavy atom. The summed E-state index contributed by atoms with van der Waals surface area (Å²) in [6.07, 6.45) is 4.80. The maximum absolute atomic E-state index is 5.96. The Bertz CT molecular complexity index is 425. The van der Waals surface area contributed by atoms with E-state index in [0.29, 0.717) is 15.7 Å². The van der Waals surface area contributed by atoms with Gasteiger partial charge in [-0.25, -0.2) is 0 Å². The third-order valence-corrected chi connectivity index (χ3v) is 2.28. The third kappa shape index (κ3) is 1.69. The van der Waals surface area contributed by atoms with Gasteiger partial charge in [-0.3, -0.25) is 4.98 Å². The number of hydrogen-bond donors (Lipinski definition) is 0. The third-order valence-electron chi connectivity index (χ3n) is 1.73. The van der Waals surface area contributed by atoms with Crippen LogP contribution in [0.1, 0.15) is 0 Å². The van der Waals surface area contributed by atoms with Crippen LogP contribution in [0.2, 0.25) is 10.2 Å².